The van der Waals surface area contributed by atoms with Crippen LogP contribution in [-0.2, 0) is 24.5 Å². The quantitative estimate of drug-likeness (QED) is 0.641. The number of carbonyl (C=O) groups is 2. The molecule has 0 saturated carbocycles. The molecule has 1 amide bonds. The molecule has 2 fully saturated rings. The third-order valence-electron chi connectivity index (χ3n) is 7.12. The zero-order chi connectivity index (χ0) is 22.7. The van der Waals surface area contributed by atoms with E-state index < -0.39 is 34.7 Å². The molecule has 2 aromatic rings. The lowest BCUT2D eigenvalue weighted by atomic mass is 9.57. The van der Waals surface area contributed by atoms with Crippen LogP contribution in [0.3, 0.4) is 0 Å². The molecule has 2 saturated heterocycles. The number of anilines is 1. The maximum absolute atomic E-state index is 15.5. The molecule has 0 aliphatic carbocycles. The molecular formula is C23H21Cl2FN2O4. The highest BCUT2D eigenvalue weighted by molar-refractivity contribution is 6.31. The van der Waals surface area contributed by atoms with Crippen LogP contribution in [0.4, 0.5) is 10.1 Å². The lowest BCUT2D eigenvalue weighted by molar-refractivity contribution is -0.143. The molecule has 9 heteroatoms. The number of fused-ring (bicyclic) bond motifs is 3. The number of hydrogen-bond acceptors (Lipinski definition) is 5. The SMILES string of the molecule is COC(=O)[C@@H]1NC2(CCOCC2)[C@@]2(C(=O)Nc3cc(Cl)ccc32)C1c1cccc(Cl)c1F. The molecule has 3 aliphatic rings. The predicted octanol–water partition coefficient (Wildman–Crippen LogP) is 3.80. The van der Waals surface area contributed by atoms with Gasteiger partial charge in [-0.2, -0.15) is 0 Å². The fourth-order valence-electron chi connectivity index (χ4n) is 5.89. The van der Waals surface area contributed by atoms with Gasteiger partial charge in [-0.1, -0.05) is 41.4 Å². The second-order valence-corrected chi connectivity index (χ2v) is 9.26. The Morgan fingerprint density at radius 1 is 1.22 bits per heavy atom. The van der Waals surface area contributed by atoms with Gasteiger partial charge in [-0.3, -0.25) is 14.9 Å². The summed E-state index contributed by atoms with van der Waals surface area (Å²) in [7, 11) is 1.28. The van der Waals surface area contributed by atoms with Crippen molar-refractivity contribution in [3.63, 3.8) is 0 Å². The van der Waals surface area contributed by atoms with Crippen LogP contribution >= 0.6 is 23.2 Å². The molecule has 168 valence electrons. The highest BCUT2D eigenvalue weighted by Crippen LogP contribution is 2.61. The van der Waals surface area contributed by atoms with E-state index in [1.54, 1.807) is 30.3 Å². The number of esters is 1. The van der Waals surface area contributed by atoms with Crippen molar-refractivity contribution in [2.45, 2.75) is 35.8 Å². The molecule has 5 rings (SSSR count). The van der Waals surface area contributed by atoms with E-state index in [0.717, 1.165) is 0 Å². The maximum Gasteiger partial charge on any atom is 0.323 e. The van der Waals surface area contributed by atoms with Gasteiger partial charge in [-0.25, -0.2) is 4.39 Å². The number of amides is 1. The van der Waals surface area contributed by atoms with Gasteiger partial charge in [0.2, 0.25) is 5.91 Å². The molecule has 2 spiro atoms. The minimum Gasteiger partial charge on any atom is -0.468 e. The predicted molar refractivity (Wildman–Crippen MR) is 118 cm³/mol. The Labute approximate surface area is 194 Å². The highest BCUT2D eigenvalue weighted by Gasteiger charge is 2.72. The van der Waals surface area contributed by atoms with Gasteiger partial charge in [0.15, 0.2) is 0 Å². The molecule has 0 radical (unpaired) electrons. The number of ether oxygens (including phenoxy) is 2. The van der Waals surface area contributed by atoms with Crippen molar-refractivity contribution in [3.8, 4) is 0 Å². The molecule has 3 atom stereocenters. The number of benzene rings is 2. The first-order valence-corrected chi connectivity index (χ1v) is 11.1. The summed E-state index contributed by atoms with van der Waals surface area (Å²) in [6.45, 7) is 0.785. The molecule has 32 heavy (non-hydrogen) atoms. The summed E-state index contributed by atoms with van der Waals surface area (Å²) in [5, 5.41) is 6.74. The first-order chi connectivity index (χ1) is 15.4. The Morgan fingerprint density at radius 3 is 2.69 bits per heavy atom. The Morgan fingerprint density at radius 2 is 1.97 bits per heavy atom. The fraction of sp³-hybridized carbons (Fsp3) is 0.391. The molecule has 0 aromatic heterocycles. The number of hydrogen-bond donors (Lipinski definition) is 2. The van der Waals surface area contributed by atoms with E-state index in [1.165, 1.54) is 13.2 Å². The van der Waals surface area contributed by atoms with Crippen molar-refractivity contribution in [2.24, 2.45) is 0 Å². The summed E-state index contributed by atoms with van der Waals surface area (Å²) in [5.74, 6) is -2.46. The summed E-state index contributed by atoms with van der Waals surface area (Å²) < 4.78 is 26.2. The zero-order valence-corrected chi connectivity index (χ0v) is 18.7. The standard InChI is InChI=1S/C23H21Cl2FN2O4/c1-31-20(29)19-17(13-3-2-4-15(25)18(13)26)23(22(28-19)7-9-32-10-8-22)14-6-5-12(24)11-16(14)27-21(23)30/h2-6,11,17,19,28H,7-10H2,1H3,(H,27,30)/t17?,19-,23-/m1/s1. The van der Waals surface area contributed by atoms with Gasteiger partial charge in [-0.05, 0) is 42.2 Å². The summed E-state index contributed by atoms with van der Waals surface area (Å²) in [4.78, 5) is 26.9. The Kier molecular flexibility index (Phi) is 5.21. The molecule has 3 heterocycles. The van der Waals surface area contributed by atoms with Crippen molar-refractivity contribution >= 4 is 40.8 Å². The van der Waals surface area contributed by atoms with E-state index in [0.29, 0.717) is 42.3 Å². The average molecular weight is 479 g/mol. The average Bonchev–Trinajstić information content (AvgIpc) is 3.23. The highest BCUT2D eigenvalue weighted by atomic mass is 35.5. The number of methoxy groups -OCH3 is 1. The first kappa shape index (κ1) is 21.6. The van der Waals surface area contributed by atoms with Crippen molar-refractivity contribution in [3.05, 3.63) is 63.4 Å². The number of halogens is 3. The van der Waals surface area contributed by atoms with Crippen molar-refractivity contribution in [1.82, 2.24) is 5.32 Å². The maximum atomic E-state index is 15.5. The van der Waals surface area contributed by atoms with Crippen LogP contribution in [0.15, 0.2) is 36.4 Å². The smallest absolute Gasteiger partial charge is 0.323 e. The van der Waals surface area contributed by atoms with Crippen molar-refractivity contribution in [2.75, 3.05) is 25.6 Å². The van der Waals surface area contributed by atoms with E-state index in [4.69, 9.17) is 32.7 Å². The third-order valence-corrected chi connectivity index (χ3v) is 7.64. The third kappa shape index (κ3) is 2.78. The fourth-order valence-corrected chi connectivity index (χ4v) is 6.24. The normalized spacial score (nSPS) is 28.1. The van der Waals surface area contributed by atoms with E-state index in [-0.39, 0.29) is 16.5 Å². The van der Waals surface area contributed by atoms with Crippen LogP contribution in [0.1, 0.15) is 29.9 Å². The van der Waals surface area contributed by atoms with Gasteiger partial charge in [0.25, 0.3) is 0 Å². The monoisotopic (exact) mass is 478 g/mol. The second-order valence-electron chi connectivity index (χ2n) is 8.41. The molecule has 1 unspecified atom stereocenters. The minimum absolute atomic E-state index is 0.0797. The minimum atomic E-state index is -1.30. The van der Waals surface area contributed by atoms with Gasteiger partial charge in [0.05, 0.1) is 12.1 Å². The first-order valence-electron chi connectivity index (χ1n) is 10.3. The molecule has 2 N–H and O–H groups in total. The van der Waals surface area contributed by atoms with Crippen LogP contribution in [0, 0.1) is 5.82 Å². The summed E-state index contributed by atoms with van der Waals surface area (Å²) in [5.41, 5.74) is -0.778. The van der Waals surface area contributed by atoms with E-state index in [2.05, 4.69) is 10.6 Å². The summed E-state index contributed by atoms with van der Waals surface area (Å²) >= 11 is 12.3. The van der Waals surface area contributed by atoms with E-state index in [1.807, 2.05) is 0 Å². The van der Waals surface area contributed by atoms with Crippen LogP contribution in [0.2, 0.25) is 10.0 Å². The lowest BCUT2D eigenvalue weighted by Gasteiger charge is -2.46. The molecule has 0 bridgehead atoms. The van der Waals surface area contributed by atoms with Gasteiger partial charge in [0.1, 0.15) is 17.3 Å². The van der Waals surface area contributed by atoms with Crippen LogP contribution in [-0.4, -0.2) is 43.8 Å². The Bertz CT molecular complexity index is 1120. The van der Waals surface area contributed by atoms with Crippen LogP contribution < -0.4 is 10.6 Å². The van der Waals surface area contributed by atoms with Gasteiger partial charge >= 0.3 is 5.97 Å². The Balaban J connectivity index is 1.85. The molecular weight excluding hydrogens is 458 g/mol. The number of rotatable bonds is 2. The largest absolute Gasteiger partial charge is 0.468 e. The van der Waals surface area contributed by atoms with Crippen LogP contribution in [0.25, 0.3) is 0 Å². The second kappa shape index (κ2) is 7.70. The lowest BCUT2D eigenvalue weighted by Crippen LogP contribution is -2.61. The molecule has 2 aromatic carbocycles. The van der Waals surface area contributed by atoms with Crippen LogP contribution in [0.5, 0.6) is 0 Å². The van der Waals surface area contributed by atoms with Crippen molar-refractivity contribution in [1.29, 1.82) is 0 Å². The van der Waals surface area contributed by atoms with Gasteiger partial charge < -0.3 is 14.8 Å². The molecule has 3 aliphatic heterocycles. The van der Waals surface area contributed by atoms with E-state index >= 15 is 4.39 Å². The Hall–Kier alpha value is -2.19. The van der Waals surface area contributed by atoms with E-state index in [9.17, 15) is 9.59 Å². The van der Waals surface area contributed by atoms with Crippen molar-refractivity contribution < 1.29 is 23.5 Å². The topological polar surface area (TPSA) is 76.7 Å². The van der Waals surface area contributed by atoms with Gasteiger partial charge in [0, 0.05) is 35.4 Å². The zero-order valence-electron chi connectivity index (χ0n) is 17.2. The summed E-state index contributed by atoms with van der Waals surface area (Å²) in [6, 6.07) is 8.81. The summed E-state index contributed by atoms with van der Waals surface area (Å²) in [6.07, 6.45) is 0.906. The molecule has 6 nitrogen and oxygen atoms in total. The number of carbonyl (C=O) groups excluding carboxylic acids is 2. The van der Waals surface area contributed by atoms with Gasteiger partial charge in [-0.15, -0.1) is 0 Å². The number of nitrogens with one attached hydrogen (secondary N) is 2.